The first kappa shape index (κ1) is 12.9. The van der Waals surface area contributed by atoms with Crippen LogP contribution >= 0.6 is 0 Å². The Kier molecular flexibility index (Phi) is 4.19. The van der Waals surface area contributed by atoms with Gasteiger partial charge in [-0.1, -0.05) is 12.1 Å². The molecule has 1 aliphatic rings. The fraction of sp³-hybridized carbons (Fsp3) is 0.364. The molecule has 6 nitrogen and oxygen atoms in total. The summed E-state index contributed by atoms with van der Waals surface area (Å²) in [6, 6.07) is 6.20. The van der Waals surface area contributed by atoms with Gasteiger partial charge in [-0.15, -0.1) is 0 Å². The molecule has 0 radical (unpaired) electrons. The van der Waals surface area contributed by atoms with Crippen molar-refractivity contribution >= 4 is 24.3 Å². The summed E-state index contributed by atoms with van der Waals surface area (Å²) < 4.78 is 5.16. The van der Waals surface area contributed by atoms with Crippen LogP contribution in [0.5, 0.6) is 0 Å². The third-order valence-corrected chi connectivity index (χ3v) is 2.76. The largest absolute Gasteiger partial charge is 0.488 e. The molecule has 1 aromatic carbocycles. The van der Waals surface area contributed by atoms with Crippen LogP contribution in [-0.2, 0) is 4.74 Å². The van der Waals surface area contributed by atoms with E-state index in [-0.39, 0.29) is 6.03 Å². The number of anilines is 1. The van der Waals surface area contributed by atoms with Gasteiger partial charge in [0.1, 0.15) is 0 Å². The number of nitrogens with one attached hydrogen (secondary N) is 1. The number of hydrogen-bond donors (Lipinski definition) is 3. The molecule has 0 unspecified atom stereocenters. The van der Waals surface area contributed by atoms with Gasteiger partial charge in [-0.25, -0.2) is 4.79 Å². The molecule has 1 heterocycles. The van der Waals surface area contributed by atoms with Crippen molar-refractivity contribution in [1.82, 2.24) is 4.90 Å². The zero-order chi connectivity index (χ0) is 13.0. The summed E-state index contributed by atoms with van der Waals surface area (Å²) in [7, 11) is -1.49. The maximum absolute atomic E-state index is 11.8. The van der Waals surface area contributed by atoms with E-state index in [2.05, 4.69) is 5.32 Å². The standard InChI is InChI=1S/C11H15BN2O4/c15-11(14-5-7-18-8-6-14)13-10-3-1-9(2-4-10)12(16)17/h1-4,16-17H,5-8H2,(H,13,15). The van der Waals surface area contributed by atoms with Crippen molar-refractivity contribution in [3.05, 3.63) is 24.3 Å². The highest BCUT2D eigenvalue weighted by atomic mass is 16.5. The quantitative estimate of drug-likeness (QED) is 0.602. The zero-order valence-electron chi connectivity index (χ0n) is 9.87. The Bertz CT molecular complexity index is 404. The zero-order valence-corrected chi connectivity index (χ0v) is 9.87. The Labute approximate surface area is 105 Å². The number of amides is 2. The highest BCUT2D eigenvalue weighted by molar-refractivity contribution is 6.58. The third kappa shape index (κ3) is 3.22. The highest BCUT2D eigenvalue weighted by Crippen LogP contribution is 2.07. The van der Waals surface area contributed by atoms with Crippen molar-refractivity contribution in [3.8, 4) is 0 Å². The maximum Gasteiger partial charge on any atom is 0.488 e. The molecule has 1 saturated heterocycles. The first-order valence-corrected chi connectivity index (χ1v) is 5.76. The average molecular weight is 250 g/mol. The minimum atomic E-state index is -1.49. The van der Waals surface area contributed by atoms with Crippen molar-refractivity contribution in [2.45, 2.75) is 0 Å². The molecule has 1 fully saturated rings. The lowest BCUT2D eigenvalue weighted by Crippen LogP contribution is -2.43. The normalized spacial score (nSPS) is 15.3. The van der Waals surface area contributed by atoms with E-state index < -0.39 is 7.12 Å². The van der Waals surface area contributed by atoms with Crippen LogP contribution in [0, 0.1) is 0 Å². The maximum atomic E-state index is 11.8. The summed E-state index contributed by atoms with van der Waals surface area (Å²) in [4.78, 5) is 13.5. The van der Waals surface area contributed by atoms with Gasteiger partial charge in [0.2, 0.25) is 0 Å². The van der Waals surface area contributed by atoms with Crippen molar-refractivity contribution in [1.29, 1.82) is 0 Å². The van der Waals surface area contributed by atoms with Gasteiger partial charge in [0.25, 0.3) is 0 Å². The molecule has 2 amide bonds. The number of urea groups is 1. The Hall–Kier alpha value is -1.57. The van der Waals surface area contributed by atoms with Crippen LogP contribution in [0.3, 0.4) is 0 Å². The lowest BCUT2D eigenvalue weighted by molar-refractivity contribution is 0.0564. The molecule has 0 bridgehead atoms. The van der Waals surface area contributed by atoms with E-state index in [1.807, 2.05) is 0 Å². The van der Waals surface area contributed by atoms with Gasteiger partial charge >= 0.3 is 13.1 Å². The molecular weight excluding hydrogens is 235 g/mol. The summed E-state index contributed by atoms with van der Waals surface area (Å²) in [5.41, 5.74) is 1.01. The number of morpholine rings is 1. The molecule has 0 atom stereocenters. The molecule has 0 saturated carbocycles. The SMILES string of the molecule is O=C(Nc1ccc(B(O)O)cc1)N1CCOCC1. The van der Waals surface area contributed by atoms with E-state index in [1.165, 1.54) is 0 Å². The summed E-state index contributed by atoms with van der Waals surface area (Å²) in [5.74, 6) is 0. The second-order valence-electron chi connectivity index (χ2n) is 4.03. The summed E-state index contributed by atoms with van der Waals surface area (Å²) in [6.07, 6.45) is 0. The first-order valence-electron chi connectivity index (χ1n) is 5.76. The minimum Gasteiger partial charge on any atom is -0.423 e. The topological polar surface area (TPSA) is 82.0 Å². The van der Waals surface area contributed by atoms with Crippen LogP contribution in [0.25, 0.3) is 0 Å². The molecule has 3 N–H and O–H groups in total. The van der Waals surface area contributed by atoms with Crippen molar-refractivity contribution in [2.24, 2.45) is 0 Å². The number of rotatable bonds is 2. The van der Waals surface area contributed by atoms with E-state index in [0.717, 1.165) is 0 Å². The van der Waals surface area contributed by atoms with Crippen molar-refractivity contribution in [3.63, 3.8) is 0 Å². The fourth-order valence-corrected chi connectivity index (χ4v) is 1.71. The van der Waals surface area contributed by atoms with E-state index in [9.17, 15) is 4.79 Å². The van der Waals surface area contributed by atoms with E-state index in [1.54, 1.807) is 29.2 Å². The van der Waals surface area contributed by atoms with Crippen LogP contribution in [0.2, 0.25) is 0 Å². The minimum absolute atomic E-state index is 0.171. The Morgan fingerprint density at radius 2 is 1.83 bits per heavy atom. The highest BCUT2D eigenvalue weighted by Gasteiger charge is 2.17. The number of nitrogens with zero attached hydrogens (tertiary/aromatic N) is 1. The fourth-order valence-electron chi connectivity index (χ4n) is 1.71. The number of benzene rings is 1. The third-order valence-electron chi connectivity index (χ3n) is 2.76. The van der Waals surface area contributed by atoms with E-state index in [4.69, 9.17) is 14.8 Å². The molecule has 0 spiro atoms. The molecule has 0 aliphatic carbocycles. The van der Waals surface area contributed by atoms with Crippen molar-refractivity contribution < 1.29 is 19.6 Å². The molecule has 0 aromatic heterocycles. The average Bonchev–Trinajstić information content (AvgIpc) is 2.40. The van der Waals surface area contributed by atoms with Crippen LogP contribution in [0.4, 0.5) is 10.5 Å². The molecule has 7 heteroatoms. The van der Waals surface area contributed by atoms with Crippen molar-refractivity contribution in [2.75, 3.05) is 31.6 Å². The molecule has 1 aromatic rings. The smallest absolute Gasteiger partial charge is 0.423 e. The van der Waals surface area contributed by atoms with Gasteiger partial charge in [0, 0.05) is 18.8 Å². The van der Waals surface area contributed by atoms with Gasteiger partial charge in [-0.3, -0.25) is 0 Å². The van der Waals surface area contributed by atoms with Crippen LogP contribution in [-0.4, -0.2) is 54.4 Å². The summed E-state index contributed by atoms with van der Waals surface area (Å²) >= 11 is 0. The molecule has 96 valence electrons. The number of hydrogen-bond acceptors (Lipinski definition) is 4. The van der Waals surface area contributed by atoms with Crippen LogP contribution < -0.4 is 10.8 Å². The first-order chi connectivity index (χ1) is 8.66. The number of carbonyl (C=O) groups excluding carboxylic acids is 1. The van der Waals surface area contributed by atoms with E-state index in [0.29, 0.717) is 37.5 Å². The Morgan fingerprint density at radius 1 is 1.22 bits per heavy atom. The molecule has 1 aliphatic heterocycles. The lowest BCUT2D eigenvalue weighted by Gasteiger charge is -2.26. The second-order valence-corrected chi connectivity index (χ2v) is 4.03. The summed E-state index contributed by atoms with van der Waals surface area (Å²) in [5, 5.41) is 20.6. The Morgan fingerprint density at radius 3 is 2.39 bits per heavy atom. The van der Waals surface area contributed by atoms with E-state index >= 15 is 0 Å². The lowest BCUT2D eigenvalue weighted by atomic mass is 9.80. The van der Waals surface area contributed by atoms with Gasteiger partial charge in [0.05, 0.1) is 13.2 Å². The molecular formula is C11H15BN2O4. The predicted octanol–water partition coefficient (Wildman–Crippen LogP) is -0.770. The van der Waals surface area contributed by atoms with Gasteiger partial charge in [-0.05, 0) is 17.6 Å². The number of carbonyl (C=O) groups is 1. The van der Waals surface area contributed by atoms with Gasteiger partial charge < -0.3 is 25.0 Å². The van der Waals surface area contributed by atoms with Gasteiger partial charge in [-0.2, -0.15) is 0 Å². The molecule has 18 heavy (non-hydrogen) atoms. The Balaban J connectivity index is 1.94. The van der Waals surface area contributed by atoms with Crippen LogP contribution in [0.15, 0.2) is 24.3 Å². The predicted molar refractivity (Wildman–Crippen MR) is 67.7 cm³/mol. The van der Waals surface area contributed by atoms with Crippen LogP contribution in [0.1, 0.15) is 0 Å². The monoisotopic (exact) mass is 250 g/mol. The number of ether oxygens (including phenoxy) is 1. The summed E-state index contributed by atoms with van der Waals surface area (Å²) in [6.45, 7) is 2.28. The second kappa shape index (κ2) is 5.86. The molecule has 2 rings (SSSR count). The van der Waals surface area contributed by atoms with Gasteiger partial charge in [0.15, 0.2) is 0 Å².